The van der Waals surface area contributed by atoms with Crippen LogP contribution in [0.15, 0.2) is 30.5 Å². The quantitative estimate of drug-likeness (QED) is 0.889. The Balaban J connectivity index is 1.88. The number of hydrogen-bond donors (Lipinski definition) is 1. The highest BCUT2D eigenvalue weighted by molar-refractivity contribution is 6.30. The Hall–Kier alpha value is -2.01. The number of halogens is 1. The summed E-state index contributed by atoms with van der Waals surface area (Å²) in [4.78, 5) is 12.0. The van der Waals surface area contributed by atoms with Crippen molar-refractivity contribution < 1.29 is 9.53 Å². The van der Waals surface area contributed by atoms with Gasteiger partial charge in [0, 0.05) is 22.8 Å². The van der Waals surface area contributed by atoms with Crippen LogP contribution in [0.25, 0.3) is 0 Å². The van der Waals surface area contributed by atoms with Gasteiger partial charge in [-0.2, -0.15) is 5.10 Å². The van der Waals surface area contributed by atoms with E-state index in [1.54, 1.807) is 30.5 Å². The molecule has 0 spiro atoms. The summed E-state index contributed by atoms with van der Waals surface area (Å²) in [6.45, 7) is 6.75. The lowest BCUT2D eigenvalue weighted by Gasteiger charge is -2.14. The summed E-state index contributed by atoms with van der Waals surface area (Å²) >= 11 is 5.80. The minimum absolute atomic E-state index is 0.0348. The van der Waals surface area contributed by atoms with Crippen LogP contribution >= 0.6 is 11.6 Å². The first-order valence-corrected chi connectivity index (χ1v) is 7.59. The lowest BCUT2D eigenvalue weighted by atomic mass is 10.1. The predicted octanol–water partition coefficient (Wildman–Crippen LogP) is 3.12. The maximum atomic E-state index is 12.0. The van der Waals surface area contributed by atoms with Crippen LogP contribution in [0.4, 0.5) is 0 Å². The Morgan fingerprint density at radius 1 is 1.41 bits per heavy atom. The summed E-state index contributed by atoms with van der Waals surface area (Å²) in [5, 5.41) is 7.83. The van der Waals surface area contributed by atoms with Gasteiger partial charge in [0.05, 0.1) is 12.2 Å². The molecule has 0 bridgehead atoms. The molecule has 0 aliphatic heterocycles. The Morgan fingerprint density at radius 2 is 2.09 bits per heavy atom. The molecular weight excluding hydrogens is 302 g/mol. The van der Waals surface area contributed by atoms with Crippen molar-refractivity contribution >= 4 is 17.5 Å². The molecule has 0 aliphatic rings. The predicted molar refractivity (Wildman–Crippen MR) is 86.1 cm³/mol. The van der Waals surface area contributed by atoms with Gasteiger partial charge in [-0.3, -0.25) is 9.48 Å². The molecule has 0 fully saturated rings. The van der Waals surface area contributed by atoms with Crippen LogP contribution in [-0.2, 0) is 11.3 Å². The Morgan fingerprint density at radius 3 is 2.68 bits per heavy atom. The number of benzene rings is 1. The maximum absolute atomic E-state index is 12.0. The van der Waals surface area contributed by atoms with Gasteiger partial charge in [0.1, 0.15) is 5.75 Å². The van der Waals surface area contributed by atoms with E-state index in [4.69, 9.17) is 16.3 Å². The lowest BCUT2D eigenvalue weighted by molar-refractivity contribution is -0.123. The van der Waals surface area contributed by atoms with Gasteiger partial charge in [0.2, 0.25) is 0 Å². The molecule has 6 heteroatoms. The minimum Gasteiger partial charge on any atom is -0.484 e. The SMILES string of the molecule is CCn1ncc(C(C)NC(=O)COc2ccc(Cl)cc2)c1C. The van der Waals surface area contributed by atoms with E-state index >= 15 is 0 Å². The first-order chi connectivity index (χ1) is 10.5. The minimum atomic E-state index is -0.175. The van der Waals surface area contributed by atoms with E-state index in [-0.39, 0.29) is 18.6 Å². The van der Waals surface area contributed by atoms with Gasteiger partial charge < -0.3 is 10.1 Å². The summed E-state index contributed by atoms with van der Waals surface area (Å²) in [7, 11) is 0. The molecule has 118 valence electrons. The Kier molecular flexibility index (Phi) is 5.44. The van der Waals surface area contributed by atoms with Gasteiger partial charge in [0.15, 0.2) is 6.61 Å². The molecule has 2 aromatic rings. The standard InChI is InChI=1S/C16H20ClN3O2/c1-4-20-12(3)15(9-18-20)11(2)19-16(21)10-22-14-7-5-13(17)6-8-14/h5-9,11H,4,10H2,1-3H3,(H,19,21). The van der Waals surface area contributed by atoms with Gasteiger partial charge in [-0.25, -0.2) is 0 Å². The zero-order valence-electron chi connectivity index (χ0n) is 13.0. The summed E-state index contributed by atoms with van der Waals surface area (Å²) in [6, 6.07) is 6.80. The lowest BCUT2D eigenvalue weighted by Crippen LogP contribution is -2.31. The molecule has 1 atom stereocenters. The van der Waals surface area contributed by atoms with E-state index in [2.05, 4.69) is 10.4 Å². The monoisotopic (exact) mass is 321 g/mol. The van der Waals surface area contributed by atoms with Crippen LogP contribution in [0.3, 0.4) is 0 Å². The zero-order valence-corrected chi connectivity index (χ0v) is 13.7. The van der Waals surface area contributed by atoms with Gasteiger partial charge in [-0.15, -0.1) is 0 Å². The average Bonchev–Trinajstić information content (AvgIpc) is 2.87. The van der Waals surface area contributed by atoms with Crippen molar-refractivity contribution in [1.29, 1.82) is 0 Å². The number of carbonyl (C=O) groups is 1. The van der Waals surface area contributed by atoms with Gasteiger partial charge in [-0.1, -0.05) is 11.6 Å². The molecule has 1 unspecified atom stereocenters. The van der Waals surface area contributed by atoms with Crippen molar-refractivity contribution in [3.63, 3.8) is 0 Å². The fourth-order valence-corrected chi connectivity index (χ4v) is 2.37. The second-order valence-electron chi connectivity index (χ2n) is 5.03. The third kappa shape index (κ3) is 4.01. The van der Waals surface area contributed by atoms with Crippen molar-refractivity contribution in [2.75, 3.05) is 6.61 Å². The van der Waals surface area contributed by atoms with E-state index in [9.17, 15) is 4.79 Å². The number of rotatable bonds is 6. The number of aryl methyl sites for hydroxylation is 1. The van der Waals surface area contributed by atoms with Crippen LogP contribution in [-0.4, -0.2) is 22.3 Å². The second kappa shape index (κ2) is 7.31. The molecule has 1 N–H and O–H groups in total. The Labute approximate surface area is 135 Å². The highest BCUT2D eigenvalue weighted by Crippen LogP contribution is 2.17. The fraction of sp³-hybridized carbons (Fsp3) is 0.375. The highest BCUT2D eigenvalue weighted by Gasteiger charge is 2.15. The van der Waals surface area contributed by atoms with Gasteiger partial charge >= 0.3 is 0 Å². The average molecular weight is 322 g/mol. The van der Waals surface area contributed by atoms with Crippen LogP contribution in [0.5, 0.6) is 5.75 Å². The summed E-state index contributed by atoms with van der Waals surface area (Å²) in [6.07, 6.45) is 1.80. The van der Waals surface area contributed by atoms with Crippen molar-refractivity contribution in [2.24, 2.45) is 0 Å². The van der Waals surface area contributed by atoms with Crippen LogP contribution < -0.4 is 10.1 Å². The first kappa shape index (κ1) is 16.4. The van der Waals surface area contributed by atoms with E-state index in [0.29, 0.717) is 10.8 Å². The summed E-state index contributed by atoms with van der Waals surface area (Å²) in [5.41, 5.74) is 2.08. The maximum Gasteiger partial charge on any atom is 0.258 e. The molecule has 22 heavy (non-hydrogen) atoms. The topological polar surface area (TPSA) is 56.2 Å². The number of ether oxygens (including phenoxy) is 1. The highest BCUT2D eigenvalue weighted by atomic mass is 35.5. The van der Waals surface area contributed by atoms with Crippen molar-refractivity contribution in [2.45, 2.75) is 33.4 Å². The molecule has 1 amide bonds. The van der Waals surface area contributed by atoms with Crippen molar-refractivity contribution in [3.05, 3.63) is 46.7 Å². The van der Waals surface area contributed by atoms with E-state index in [0.717, 1.165) is 17.8 Å². The van der Waals surface area contributed by atoms with Crippen molar-refractivity contribution in [1.82, 2.24) is 15.1 Å². The van der Waals surface area contributed by atoms with E-state index in [1.165, 1.54) is 0 Å². The zero-order chi connectivity index (χ0) is 16.1. The molecule has 0 aliphatic carbocycles. The normalized spacial score (nSPS) is 12.0. The van der Waals surface area contributed by atoms with Crippen LogP contribution in [0.2, 0.25) is 5.02 Å². The number of hydrogen-bond acceptors (Lipinski definition) is 3. The third-order valence-corrected chi connectivity index (χ3v) is 3.72. The Bertz CT molecular complexity index is 637. The molecule has 0 saturated carbocycles. The van der Waals surface area contributed by atoms with Crippen LogP contribution in [0, 0.1) is 6.92 Å². The number of aromatic nitrogens is 2. The van der Waals surface area contributed by atoms with Gasteiger partial charge in [0.25, 0.3) is 5.91 Å². The molecule has 2 rings (SSSR count). The van der Waals surface area contributed by atoms with E-state index < -0.39 is 0 Å². The number of amides is 1. The molecule has 0 radical (unpaired) electrons. The van der Waals surface area contributed by atoms with Gasteiger partial charge in [-0.05, 0) is 45.0 Å². The third-order valence-electron chi connectivity index (χ3n) is 3.47. The first-order valence-electron chi connectivity index (χ1n) is 7.21. The van der Waals surface area contributed by atoms with Crippen LogP contribution in [0.1, 0.15) is 31.1 Å². The smallest absolute Gasteiger partial charge is 0.258 e. The largest absolute Gasteiger partial charge is 0.484 e. The van der Waals surface area contributed by atoms with E-state index in [1.807, 2.05) is 25.5 Å². The molecule has 0 saturated heterocycles. The number of carbonyl (C=O) groups excluding carboxylic acids is 1. The van der Waals surface area contributed by atoms with Crippen molar-refractivity contribution in [3.8, 4) is 5.75 Å². The molecule has 1 heterocycles. The number of nitrogens with one attached hydrogen (secondary N) is 1. The summed E-state index contributed by atoms with van der Waals surface area (Å²) in [5.74, 6) is 0.438. The molecule has 1 aromatic heterocycles. The second-order valence-corrected chi connectivity index (χ2v) is 5.47. The molecule has 1 aromatic carbocycles. The summed E-state index contributed by atoms with van der Waals surface area (Å²) < 4.78 is 7.33. The fourth-order valence-electron chi connectivity index (χ4n) is 2.25. The number of nitrogens with zero attached hydrogens (tertiary/aromatic N) is 2. The molecular formula is C16H20ClN3O2. The molecule has 5 nitrogen and oxygen atoms in total.